The molecule has 0 heterocycles. The fourth-order valence-electron chi connectivity index (χ4n) is 6.94. The second kappa shape index (κ2) is 44.3. The third-order valence-corrected chi connectivity index (χ3v) is 11.4. The zero-order chi connectivity index (χ0) is 40.2. The zero-order valence-corrected chi connectivity index (χ0v) is 37.3. The van der Waals surface area contributed by atoms with E-state index >= 15 is 0 Å². The second-order valence-electron chi connectivity index (χ2n) is 16.0. The van der Waals surface area contributed by atoms with Gasteiger partial charge in [0.15, 0.2) is 0 Å². The van der Waals surface area contributed by atoms with E-state index in [0.717, 1.165) is 32.1 Å². The van der Waals surface area contributed by atoms with Gasteiger partial charge in [0, 0.05) is 19.6 Å². The van der Waals surface area contributed by atoms with Crippen LogP contribution in [0.1, 0.15) is 239 Å². The predicted molar refractivity (Wildman–Crippen MR) is 234 cm³/mol. The summed E-state index contributed by atoms with van der Waals surface area (Å²) in [5, 5.41) is 0. The molecule has 3 N–H and O–H groups in total. The molecule has 0 fully saturated rings. The van der Waals surface area contributed by atoms with Crippen molar-refractivity contribution >= 4 is 13.8 Å². The number of phosphoric ester groups is 1. The molecular weight excluding hydrogens is 709 g/mol. The lowest BCUT2D eigenvalue weighted by molar-refractivity contribution is -0.154. The summed E-state index contributed by atoms with van der Waals surface area (Å²) in [6.07, 6.45) is 48.2. The molecule has 0 aromatic carbocycles. The standard InChI is InChI=1S/C46H92NO7P/c1-3-5-7-9-11-13-15-16-17-18-19-20-21-22-23-24-25-26-27-28-29-31-33-35-37-39-46(48)54-45(44-53-55(49,50)52-42-40-47)43-51-41-38-36-34-32-30-14-12-10-8-6-4-2/h8,10,45H,3-7,9,11-44,47H2,1-2H3,(H,49,50)/b10-8-. The topological polar surface area (TPSA) is 117 Å². The number of nitrogens with two attached hydrogens (primary N) is 1. The molecule has 0 saturated heterocycles. The van der Waals surface area contributed by atoms with Gasteiger partial charge in [0.1, 0.15) is 6.10 Å². The Kier molecular flexibility index (Phi) is 43.7. The summed E-state index contributed by atoms with van der Waals surface area (Å²) in [6.45, 7) is 4.90. The maximum absolute atomic E-state index is 12.6. The zero-order valence-electron chi connectivity index (χ0n) is 36.4. The van der Waals surface area contributed by atoms with Gasteiger partial charge in [-0.05, 0) is 32.1 Å². The van der Waals surface area contributed by atoms with Gasteiger partial charge in [-0.2, -0.15) is 0 Å². The Morgan fingerprint density at radius 1 is 0.527 bits per heavy atom. The highest BCUT2D eigenvalue weighted by molar-refractivity contribution is 7.47. The van der Waals surface area contributed by atoms with E-state index < -0.39 is 13.9 Å². The second-order valence-corrected chi connectivity index (χ2v) is 17.4. The number of rotatable bonds is 46. The number of allylic oxidation sites excluding steroid dienone is 2. The van der Waals surface area contributed by atoms with Crippen LogP contribution in [-0.2, 0) is 27.9 Å². The molecule has 0 aliphatic heterocycles. The molecule has 328 valence electrons. The van der Waals surface area contributed by atoms with Gasteiger partial charge in [0.2, 0.25) is 0 Å². The first-order valence-corrected chi connectivity index (χ1v) is 25.2. The van der Waals surface area contributed by atoms with Crippen molar-refractivity contribution in [1.82, 2.24) is 0 Å². The molecule has 0 aliphatic carbocycles. The van der Waals surface area contributed by atoms with Crippen molar-refractivity contribution in [3.63, 3.8) is 0 Å². The number of ether oxygens (including phenoxy) is 2. The summed E-state index contributed by atoms with van der Waals surface area (Å²) in [4.78, 5) is 22.5. The SMILES string of the molecule is CCC/C=C\CCCCCCCCOCC(COP(=O)(O)OCCN)OC(=O)CCCCCCCCCCCCCCCCCCCCCCCCCCC. The highest BCUT2D eigenvalue weighted by Gasteiger charge is 2.25. The monoisotopic (exact) mass is 802 g/mol. The van der Waals surface area contributed by atoms with Crippen molar-refractivity contribution in [1.29, 1.82) is 0 Å². The molecular formula is C46H92NO7P. The summed E-state index contributed by atoms with van der Waals surface area (Å²) in [5.74, 6) is -0.327. The van der Waals surface area contributed by atoms with E-state index in [2.05, 4.69) is 26.0 Å². The van der Waals surface area contributed by atoms with Gasteiger partial charge in [-0.25, -0.2) is 4.57 Å². The van der Waals surface area contributed by atoms with Crippen molar-refractivity contribution < 1.29 is 32.8 Å². The maximum Gasteiger partial charge on any atom is 0.472 e. The largest absolute Gasteiger partial charge is 0.472 e. The molecule has 0 aromatic heterocycles. The summed E-state index contributed by atoms with van der Waals surface area (Å²) in [6, 6.07) is 0. The lowest BCUT2D eigenvalue weighted by atomic mass is 10.0. The van der Waals surface area contributed by atoms with Gasteiger partial charge < -0.3 is 20.1 Å². The average molecular weight is 802 g/mol. The lowest BCUT2D eigenvalue weighted by Crippen LogP contribution is -2.28. The van der Waals surface area contributed by atoms with Gasteiger partial charge in [-0.1, -0.05) is 212 Å². The van der Waals surface area contributed by atoms with Crippen LogP contribution in [0.4, 0.5) is 0 Å². The minimum absolute atomic E-state index is 0.0934. The first kappa shape index (κ1) is 54.2. The van der Waals surface area contributed by atoms with Crippen LogP contribution in [-0.4, -0.2) is 49.9 Å². The fourth-order valence-corrected chi connectivity index (χ4v) is 7.71. The first-order valence-electron chi connectivity index (χ1n) is 23.7. The summed E-state index contributed by atoms with van der Waals surface area (Å²) in [5.41, 5.74) is 5.37. The van der Waals surface area contributed by atoms with Gasteiger partial charge in [0.05, 0.1) is 19.8 Å². The van der Waals surface area contributed by atoms with Crippen LogP contribution in [0.25, 0.3) is 0 Å². The molecule has 9 heteroatoms. The molecule has 8 nitrogen and oxygen atoms in total. The Hall–Kier alpha value is -0.760. The van der Waals surface area contributed by atoms with Crippen LogP contribution in [0.3, 0.4) is 0 Å². The lowest BCUT2D eigenvalue weighted by Gasteiger charge is -2.20. The van der Waals surface area contributed by atoms with Gasteiger partial charge in [0.25, 0.3) is 0 Å². The quantitative estimate of drug-likeness (QED) is 0.0270. The molecule has 0 amide bonds. The van der Waals surface area contributed by atoms with E-state index in [-0.39, 0.29) is 32.3 Å². The summed E-state index contributed by atoms with van der Waals surface area (Å²) >= 11 is 0. The van der Waals surface area contributed by atoms with Gasteiger partial charge >= 0.3 is 13.8 Å². The number of carbonyl (C=O) groups is 1. The third-order valence-electron chi connectivity index (χ3n) is 10.4. The maximum atomic E-state index is 12.6. The minimum Gasteiger partial charge on any atom is -0.457 e. The van der Waals surface area contributed by atoms with Gasteiger partial charge in [-0.3, -0.25) is 13.8 Å². The molecule has 0 aromatic rings. The van der Waals surface area contributed by atoms with E-state index in [4.69, 9.17) is 24.3 Å². The highest BCUT2D eigenvalue weighted by Crippen LogP contribution is 2.43. The van der Waals surface area contributed by atoms with E-state index in [1.54, 1.807) is 0 Å². The predicted octanol–water partition coefficient (Wildman–Crippen LogP) is 14.3. The summed E-state index contributed by atoms with van der Waals surface area (Å²) in [7, 11) is -4.27. The minimum atomic E-state index is -4.27. The van der Waals surface area contributed by atoms with Crippen molar-refractivity contribution in [3.8, 4) is 0 Å². The third kappa shape index (κ3) is 44.2. The molecule has 55 heavy (non-hydrogen) atoms. The molecule has 0 radical (unpaired) electrons. The van der Waals surface area contributed by atoms with E-state index in [9.17, 15) is 14.3 Å². The highest BCUT2D eigenvalue weighted by atomic mass is 31.2. The number of phosphoric acid groups is 1. The van der Waals surface area contributed by atoms with Crippen LogP contribution >= 0.6 is 7.82 Å². The van der Waals surface area contributed by atoms with E-state index in [1.807, 2.05) is 0 Å². The Morgan fingerprint density at radius 2 is 0.945 bits per heavy atom. The number of carbonyl (C=O) groups excluding carboxylic acids is 1. The first-order chi connectivity index (χ1) is 26.9. The van der Waals surface area contributed by atoms with Crippen LogP contribution < -0.4 is 5.73 Å². The van der Waals surface area contributed by atoms with E-state index in [0.29, 0.717) is 13.0 Å². The van der Waals surface area contributed by atoms with Crippen molar-refractivity contribution in [2.75, 3.05) is 33.0 Å². The Balaban J connectivity index is 3.82. The molecule has 2 unspecified atom stereocenters. The van der Waals surface area contributed by atoms with Crippen LogP contribution in [0.5, 0.6) is 0 Å². The molecule has 0 saturated carbocycles. The molecule has 2 atom stereocenters. The van der Waals surface area contributed by atoms with Crippen LogP contribution in [0.15, 0.2) is 12.2 Å². The van der Waals surface area contributed by atoms with Crippen molar-refractivity contribution in [2.24, 2.45) is 5.73 Å². The number of hydrogen-bond acceptors (Lipinski definition) is 7. The van der Waals surface area contributed by atoms with Crippen molar-refractivity contribution in [2.45, 2.75) is 245 Å². The van der Waals surface area contributed by atoms with E-state index in [1.165, 1.54) is 186 Å². The average Bonchev–Trinajstić information content (AvgIpc) is 3.17. The normalized spacial score (nSPS) is 13.5. The Labute approximate surface area is 341 Å². The molecule has 0 spiro atoms. The molecule has 0 bridgehead atoms. The number of unbranched alkanes of at least 4 members (excludes halogenated alkanes) is 31. The smallest absolute Gasteiger partial charge is 0.457 e. The Morgan fingerprint density at radius 3 is 1.40 bits per heavy atom. The van der Waals surface area contributed by atoms with Crippen LogP contribution in [0.2, 0.25) is 0 Å². The van der Waals surface area contributed by atoms with Crippen LogP contribution in [0, 0.1) is 0 Å². The summed E-state index contributed by atoms with van der Waals surface area (Å²) < 4.78 is 33.4. The number of esters is 1. The Bertz CT molecular complexity index is 858. The van der Waals surface area contributed by atoms with Gasteiger partial charge in [-0.15, -0.1) is 0 Å². The van der Waals surface area contributed by atoms with Crippen molar-refractivity contribution in [3.05, 3.63) is 12.2 Å². The molecule has 0 aliphatic rings. The number of hydrogen-bond donors (Lipinski definition) is 2. The fraction of sp³-hybridized carbons (Fsp3) is 0.935. The molecule has 0 rings (SSSR count).